The Morgan fingerprint density at radius 2 is 2.16 bits per heavy atom. The van der Waals surface area contributed by atoms with E-state index in [1.807, 2.05) is 0 Å². The quantitative estimate of drug-likeness (QED) is 0.723. The fraction of sp³-hybridized carbons (Fsp3) is 0.750. The Bertz CT molecular complexity index is 398. The number of likely N-dealkylation sites (tertiary alicyclic amines) is 1. The minimum absolute atomic E-state index is 0.0197. The van der Waals surface area contributed by atoms with Gasteiger partial charge in [-0.05, 0) is 0 Å². The van der Waals surface area contributed by atoms with Gasteiger partial charge in [0.1, 0.15) is 0 Å². The van der Waals surface area contributed by atoms with Crippen LogP contribution >= 0.6 is 0 Å². The maximum absolute atomic E-state index is 12.3. The van der Waals surface area contributed by atoms with Crippen LogP contribution in [0.1, 0.15) is 12.8 Å². The number of morpholine rings is 1. The van der Waals surface area contributed by atoms with Gasteiger partial charge >= 0.3 is 5.97 Å². The Morgan fingerprint density at radius 3 is 2.74 bits per heavy atom. The van der Waals surface area contributed by atoms with Crippen LogP contribution in [0.2, 0.25) is 0 Å². The third kappa shape index (κ3) is 3.23. The summed E-state index contributed by atoms with van der Waals surface area (Å²) in [7, 11) is 1.68. The van der Waals surface area contributed by atoms with Crippen LogP contribution in [0.3, 0.4) is 0 Å². The van der Waals surface area contributed by atoms with Gasteiger partial charge < -0.3 is 19.6 Å². The van der Waals surface area contributed by atoms with E-state index in [-0.39, 0.29) is 30.6 Å². The molecule has 7 heteroatoms. The summed E-state index contributed by atoms with van der Waals surface area (Å²) in [6.07, 6.45) is -0.311. The van der Waals surface area contributed by atoms with E-state index in [0.29, 0.717) is 26.2 Å². The Balaban J connectivity index is 1.92. The van der Waals surface area contributed by atoms with Crippen LogP contribution in [0.4, 0.5) is 0 Å². The van der Waals surface area contributed by atoms with Crippen LogP contribution in [0.5, 0.6) is 0 Å². The van der Waals surface area contributed by atoms with Crippen molar-refractivity contribution in [3.63, 3.8) is 0 Å². The second-order valence-corrected chi connectivity index (χ2v) is 5.05. The van der Waals surface area contributed by atoms with Crippen LogP contribution in [-0.2, 0) is 19.1 Å². The Kier molecular flexibility index (Phi) is 4.04. The summed E-state index contributed by atoms with van der Waals surface area (Å²) in [5, 5.41) is 8.74. The molecule has 0 saturated carbocycles. The summed E-state index contributed by atoms with van der Waals surface area (Å²) < 4.78 is 5.32. The lowest BCUT2D eigenvalue weighted by Gasteiger charge is -2.33. The fourth-order valence-corrected chi connectivity index (χ4v) is 2.52. The summed E-state index contributed by atoms with van der Waals surface area (Å²) in [5.74, 6) is -1.33. The van der Waals surface area contributed by atoms with Gasteiger partial charge in [0.2, 0.25) is 11.8 Å². The number of aliphatic carboxylic acids is 1. The molecular weight excluding hydrogens is 252 g/mol. The van der Waals surface area contributed by atoms with E-state index in [0.717, 1.165) is 0 Å². The van der Waals surface area contributed by atoms with E-state index in [1.165, 1.54) is 0 Å². The van der Waals surface area contributed by atoms with Crippen molar-refractivity contribution < 1.29 is 24.2 Å². The lowest BCUT2D eigenvalue weighted by molar-refractivity contribution is -0.149. The molecule has 0 bridgehead atoms. The molecule has 1 N–H and O–H groups in total. The highest BCUT2D eigenvalue weighted by atomic mass is 16.5. The first-order valence-electron chi connectivity index (χ1n) is 6.33. The number of carboxylic acid groups (broad SMARTS) is 1. The van der Waals surface area contributed by atoms with Gasteiger partial charge in [0.15, 0.2) is 0 Å². The van der Waals surface area contributed by atoms with E-state index in [9.17, 15) is 14.4 Å². The normalized spacial score (nSPS) is 27.7. The lowest BCUT2D eigenvalue weighted by atomic mass is 10.1. The van der Waals surface area contributed by atoms with Gasteiger partial charge in [-0.15, -0.1) is 0 Å². The summed E-state index contributed by atoms with van der Waals surface area (Å²) >= 11 is 0. The average Bonchev–Trinajstić information content (AvgIpc) is 2.68. The zero-order chi connectivity index (χ0) is 14.0. The van der Waals surface area contributed by atoms with Crippen molar-refractivity contribution in [1.29, 1.82) is 0 Å². The van der Waals surface area contributed by atoms with E-state index in [4.69, 9.17) is 9.84 Å². The summed E-state index contributed by atoms with van der Waals surface area (Å²) in [5.41, 5.74) is 0. The van der Waals surface area contributed by atoms with Crippen molar-refractivity contribution in [2.75, 3.05) is 33.3 Å². The van der Waals surface area contributed by atoms with Crippen LogP contribution in [0, 0.1) is 5.92 Å². The number of carbonyl (C=O) groups is 3. The second-order valence-electron chi connectivity index (χ2n) is 5.05. The third-order valence-electron chi connectivity index (χ3n) is 3.54. The minimum Gasteiger partial charge on any atom is -0.481 e. The summed E-state index contributed by atoms with van der Waals surface area (Å²) in [4.78, 5) is 37.5. The SMILES string of the molecule is CN1C[C@@H](C(=O)N2CCO[C@H](CC(=O)O)C2)CC1=O. The molecule has 0 spiro atoms. The van der Waals surface area contributed by atoms with Gasteiger partial charge in [-0.1, -0.05) is 0 Å². The number of rotatable bonds is 3. The van der Waals surface area contributed by atoms with E-state index in [1.54, 1.807) is 16.8 Å². The number of hydrogen-bond donors (Lipinski definition) is 1. The molecular formula is C12H18N2O5. The van der Waals surface area contributed by atoms with Gasteiger partial charge in [0.25, 0.3) is 0 Å². The van der Waals surface area contributed by atoms with Crippen molar-refractivity contribution in [3.05, 3.63) is 0 Å². The molecule has 2 rings (SSSR count). The molecule has 2 heterocycles. The van der Waals surface area contributed by atoms with Gasteiger partial charge in [0, 0.05) is 33.1 Å². The number of hydrogen-bond acceptors (Lipinski definition) is 4. The molecule has 0 radical (unpaired) electrons. The van der Waals surface area contributed by atoms with Crippen molar-refractivity contribution in [2.45, 2.75) is 18.9 Å². The van der Waals surface area contributed by atoms with E-state index < -0.39 is 12.1 Å². The molecule has 0 aromatic carbocycles. The standard InChI is InChI=1S/C12H18N2O5/c1-13-6-8(4-10(13)15)12(18)14-2-3-19-9(7-14)5-11(16)17/h8-9H,2-7H2,1H3,(H,16,17)/t8-,9+/m0/s1. The van der Waals surface area contributed by atoms with Crippen LogP contribution in [0.25, 0.3) is 0 Å². The molecule has 2 atom stereocenters. The van der Waals surface area contributed by atoms with Gasteiger partial charge in [-0.25, -0.2) is 0 Å². The highest BCUT2D eigenvalue weighted by molar-refractivity contribution is 5.89. The molecule has 0 aliphatic carbocycles. The first-order valence-corrected chi connectivity index (χ1v) is 6.33. The molecule has 0 aromatic heterocycles. The van der Waals surface area contributed by atoms with Gasteiger partial charge in [-0.2, -0.15) is 0 Å². The van der Waals surface area contributed by atoms with E-state index >= 15 is 0 Å². The highest BCUT2D eigenvalue weighted by Gasteiger charge is 2.36. The number of carboxylic acids is 1. The second kappa shape index (κ2) is 5.56. The molecule has 0 aromatic rings. The third-order valence-corrected chi connectivity index (χ3v) is 3.54. The van der Waals surface area contributed by atoms with Crippen molar-refractivity contribution >= 4 is 17.8 Å². The predicted molar refractivity (Wildman–Crippen MR) is 64.3 cm³/mol. The molecule has 7 nitrogen and oxygen atoms in total. The smallest absolute Gasteiger partial charge is 0.306 e. The first-order chi connectivity index (χ1) is 8.97. The van der Waals surface area contributed by atoms with Crippen molar-refractivity contribution in [2.24, 2.45) is 5.92 Å². The van der Waals surface area contributed by atoms with Crippen molar-refractivity contribution in [3.8, 4) is 0 Å². The zero-order valence-electron chi connectivity index (χ0n) is 10.9. The molecule has 2 amide bonds. The fourth-order valence-electron chi connectivity index (χ4n) is 2.52. The van der Waals surface area contributed by atoms with Gasteiger partial charge in [-0.3, -0.25) is 14.4 Å². The Labute approximate surface area is 111 Å². The molecule has 2 saturated heterocycles. The largest absolute Gasteiger partial charge is 0.481 e. The molecule has 19 heavy (non-hydrogen) atoms. The molecule has 2 aliphatic heterocycles. The monoisotopic (exact) mass is 270 g/mol. The summed E-state index contributed by atoms with van der Waals surface area (Å²) in [6, 6.07) is 0. The number of nitrogens with zero attached hydrogens (tertiary/aromatic N) is 2. The topological polar surface area (TPSA) is 87.2 Å². The van der Waals surface area contributed by atoms with Gasteiger partial charge in [0.05, 0.1) is 25.0 Å². The molecule has 2 fully saturated rings. The maximum atomic E-state index is 12.3. The average molecular weight is 270 g/mol. The number of amides is 2. The molecule has 0 unspecified atom stereocenters. The highest BCUT2D eigenvalue weighted by Crippen LogP contribution is 2.20. The summed E-state index contributed by atoms with van der Waals surface area (Å²) in [6.45, 7) is 1.54. The van der Waals surface area contributed by atoms with Crippen LogP contribution in [-0.4, -0.2) is 72.1 Å². The lowest BCUT2D eigenvalue weighted by Crippen LogP contribution is -2.48. The first kappa shape index (κ1) is 13.8. The van der Waals surface area contributed by atoms with Crippen LogP contribution < -0.4 is 0 Å². The molecule has 106 valence electrons. The Morgan fingerprint density at radius 1 is 1.42 bits per heavy atom. The minimum atomic E-state index is -0.935. The number of ether oxygens (including phenoxy) is 1. The van der Waals surface area contributed by atoms with Crippen molar-refractivity contribution in [1.82, 2.24) is 9.80 Å². The van der Waals surface area contributed by atoms with E-state index in [2.05, 4.69) is 0 Å². The molecule has 2 aliphatic rings. The maximum Gasteiger partial charge on any atom is 0.306 e. The Hall–Kier alpha value is -1.63. The van der Waals surface area contributed by atoms with Crippen LogP contribution in [0.15, 0.2) is 0 Å². The number of carbonyl (C=O) groups excluding carboxylic acids is 2. The predicted octanol–water partition coefficient (Wildman–Crippen LogP) is -0.833. The zero-order valence-corrected chi connectivity index (χ0v) is 10.9.